The topological polar surface area (TPSA) is 29.5 Å². The van der Waals surface area contributed by atoms with Crippen LogP contribution in [-0.4, -0.2) is 17.8 Å². The summed E-state index contributed by atoms with van der Waals surface area (Å²) in [5.74, 6) is -0.312. The van der Waals surface area contributed by atoms with Crippen molar-refractivity contribution in [2.75, 3.05) is 6.61 Å². The smallest absolute Gasteiger partial charge is 0.137 e. The molecular formula is C12H14BrFO2. The molecule has 1 heterocycles. The summed E-state index contributed by atoms with van der Waals surface area (Å²) < 4.78 is 18.9. The molecule has 0 radical (unpaired) electrons. The molecule has 1 aromatic carbocycles. The van der Waals surface area contributed by atoms with Crippen LogP contribution in [0.5, 0.6) is 0 Å². The fourth-order valence-electron chi connectivity index (χ4n) is 1.93. The highest BCUT2D eigenvalue weighted by Gasteiger charge is 2.20. The molecule has 1 N–H and O–H groups in total. The number of hydrogen-bond acceptors (Lipinski definition) is 2. The number of aliphatic hydroxyl groups is 1. The highest BCUT2D eigenvalue weighted by Crippen LogP contribution is 2.27. The number of ether oxygens (including phenoxy) is 1. The Labute approximate surface area is 103 Å². The van der Waals surface area contributed by atoms with E-state index in [1.165, 1.54) is 6.07 Å². The van der Waals surface area contributed by atoms with Gasteiger partial charge in [-0.3, -0.25) is 0 Å². The van der Waals surface area contributed by atoms with Gasteiger partial charge in [0.2, 0.25) is 0 Å². The van der Waals surface area contributed by atoms with Crippen molar-refractivity contribution < 1.29 is 14.2 Å². The first-order valence-electron chi connectivity index (χ1n) is 5.41. The maximum absolute atomic E-state index is 13.0. The molecule has 1 aromatic rings. The lowest BCUT2D eigenvalue weighted by Crippen LogP contribution is -2.11. The minimum atomic E-state index is -0.583. The van der Waals surface area contributed by atoms with Gasteiger partial charge >= 0.3 is 0 Å². The predicted molar refractivity (Wildman–Crippen MR) is 62.7 cm³/mol. The van der Waals surface area contributed by atoms with Crippen LogP contribution < -0.4 is 0 Å². The van der Waals surface area contributed by atoms with E-state index in [0.29, 0.717) is 10.9 Å². The Bertz CT molecular complexity index is 364. The summed E-state index contributed by atoms with van der Waals surface area (Å²) >= 11 is 3.11. The maximum Gasteiger partial charge on any atom is 0.137 e. The summed E-state index contributed by atoms with van der Waals surface area (Å²) in [5.41, 5.74) is 0.726. The summed E-state index contributed by atoms with van der Waals surface area (Å²) in [4.78, 5) is 0. The molecule has 0 spiro atoms. The summed E-state index contributed by atoms with van der Waals surface area (Å²) in [6.45, 7) is 0.782. The first kappa shape index (κ1) is 12.0. The molecule has 0 bridgehead atoms. The van der Waals surface area contributed by atoms with Crippen LogP contribution in [0.1, 0.15) is 30.9 Å². The third-order valence-electron chi connectivity index (χ3n) is 2.84. The zero-order valence-electron chi connectivity index (χ0n) is 8.83. The van der Waals surface area contributed by atoms with Gasteiger partial charge in [-0.15, -0.1) is 0 Å². The first-order valence-corrected chi connectivity index (χ1v) is 6.20. The molecule has 2 unspecified atom stereocenters. The van der Waals surface area contributed by atoms with Gasteiger partial charge in [-0.05, 0) is 46.5 Å². The number of rotatable bonds is 3. The number of hydrogen-bond donors (Lipinski definition) is 1. The van der Waals surface area contributed by atoms with Crippen molar-refractivity contribution in [1.29, 1.82) is 0 Å². The quantitative estimate of drug-likeness (QED) is 0.926. The molecule has 88 valence electrons. The average Bonchev–Trinajstić information content (AvgIpc) is 2.74. The number of benzene rings is 1. The van der Waals surface area contributed by atoms with Gasteiger partial charge in [0.15, 0.2) is 0 Å². The van der Waals surface area contributed by atoms with E-state index in [0.717, 1.165) is 25.0 Å². The molecule has 1 aliphatic rings. The molecule has 2 atom stereocenters. The van der Waals surface area contributed by atoms with Crippen LogP contribution in [0.25, 0.3) is 0 Å². The van der Waals surface area contributed by atoms with Gasteiger partial charge < -0.3 is 9.84 Å². The Kier molecular flexibility index (Phi) is 3.95. The van der Waals surface area contributed by atoms with E-state index in [9.17, 15) is 9.50 Å². The van der Waals surface area contributed by atoms with Crippen LogP contribution in [0.2, 0.25) is 0 Å². The number of halogens is 2. The molecule has 4 heteroatoms. The van der Waals surface area contributed by atoms with Gasteiger partial charge in [-0.2, -0.15) is 0 Å². The second-order valence-electron chi connectivity index (χ2n) is 4.06. The molecule has 1 aliphatic heterocycles. The normalized spacial score (nSPS) is 22.3. The lowest BCUT2D eigenvalue weighted by molar-refractivity contribution is 0.0534. The van der Waals surface area contributed by atoms with Crippen LogP contribution in [0.3, 0.4) is 0 Å². The molecule has 2 nitrogen and oxygen atoms in total. The second kappa shape index (κ2) is 5.25. The predicted octanol–water partition coefficient (Wildman–Crippen LogP) is 3.19. The zero-order chi connectivity index (χ0) is 11.5. The van der Waals surface area contributed by atoms with E-state index in [-0.39, 0.29) is 11.9 Å². The van der Waals surface area contributed by atoms with E-state index in [1.54, 1.807) is 12.1 Å². The first-order chi connectivity index (χ1) is 7.66. The fraction of sp³-hybridized carbons (Fsp3) is 0.500. The monoisotopic (exact) mass is 288 g/mol. The Balaban J connectivity index is 2.02. The Morgan fingerprint density at radius 3 is 3.00 bits per heavy atom. The maximum atomic E-state index is 13.0. The van der Waals surface area contributed by atoms with Crippen molar-refractivity contribution in [1.82, 2.24) is 0 Å². The van der Waals surface area contributed by atoms with Crippen LogP contribution in [0.4, 0.5) is 4.39 Å². The van der Waals surface area contributed by atoms with Crippen molar-refractivity contribution in [3.05, 3.63) is 34.1 Å². The highest BCUT2D eigenvalue weighted by atomic mass is 79.9. The fourth-order valence-corrected chi connectivity index (χ4v) is 2.33. The van der Waals surface area contributed by atoms with Gasteiger partial charge in [0.1, 0.15) is 5.82 Å². The van der Waals surface area contributed by atoms with E-state index >= 15 is 0 Å². The molecule has 0 saturated carbocycles. The van der Waals surface area contributed by atoms with Crippen molar-refractivity contribution in [3.63, 3.8) is 0 Å². The van der Waals surface area contributed by atoms with Crippen LogP contribution in [0.15, 0.2) is 22.7 Å². The molecule has 0 aliphatic carbocycles. The molecule has 16 heavy (non-hydrogen) atoms. The zero-order valence-corrected chi connectivity index (χ0v) is 10.4. The van der Waals surface area contributed by atoms with E-state index in [2.05, 4.69) is 15.9 Å². The summed E-state index contributed by atoms with van der Waals surface area (Å²) in [6, 6.07) is 4.59. The van der Waals surface area contributed by atoms with Gasteiger partial charge in [-0.25, -0.2) is 4.39 Å². The molecule has 1 saturated heterocycles. The molecular weight excluding hydrogens is 275 g/mol. The second-order valence-corrected chi connectivity index (χ2v) is 4.91. The highest BCUT2D eigenvalue weighted by molar-refractivity contribution is 9.10. The van der Waals surface area contributed by atoms with Crippen LogP contribution in [-0.2, 0) is 4.74 Å². The van der Waals surface area contributed by atoms with Crippen LogP contribution >= 0.6 is 15.9 Å². The van der Waals surface area contributed by atoms with Crippen LogP contribution in [0, 0.1) is 5.82 Å². The van der Waals surface area contributed by atoms with Gasteiger partial charge in [0.05, 0.1) is 16.7 Å². The Morgan fingerprint density at radius 2 is 2.38 bits per heavy atom. The molecule has 2 rings (SSSR count). The summed E-state index contributed by atoms with van der Waals surface area (Å²) in [6.07, 6.45) is 2.20. The van der Waals surface area contributed by atoms with Crippen molar-refractivity contribution in [2.24, 2.45) is 0 Å². The molecule has 1 fully saturated rings. The van der Waals surface area contributed by atoms with E-state index in [1.807, 2.05) is 0 Å². The number of aliphatic hydroxyl groups excluding tert-OH is 1. The lowest BCUT2D eigenvalue weighted by atomic mass is 10.0. The Hall–Kier alpha value is -0.450. The van der Waals surface area contributed by atoms with Crippen molar-refractivity contribution >= 4 is 15.9 Å². The SMILES string of the molecule is OC(CC1CCCO1)c1ccc(F)c(Br)c1. The lowest BCUT2D eigenvalue weighted by Gasteiger charge is -2.15. The average molecular weight is 289 g/mol. The largest absolute Gasteiger partial charge is 0.388 e. The third-order valence-corrected chi connectivity index (χ3v) is 3.45. The van der Waals surface area contributed by atoms with Crippen molar-refractivity contribution in [3.8, 4) is 0 Å². The van der Waals surface area contributed by atoms with E-state index < -0.39 is 6.10 Å². The molecule has 0 amide bonds. The molecule has 0 aromatic heterocycles. The minimum Gasteiger partial charge on any atom is -0.388 e. The third kappa shape index (κ3) is 2.81. The van der Waals surface area contributed by atoms with E-state index in [4.69, 9.17) is 4.74 Å². The summed E-state index contributed by atoms with van der Waals surface area (Å²) in [5, 5.41) is 9.97. The van der Waals surface area contributed by atoms with Gasteiger partial charge in [0, 0.05) is 13.0 Å². The Morgan fingerprint density at radius 1 is 1.56 bits per heavy atom. The summed E-state index contributed by atoms with van der Waals surface area (Å²) in [7, 11) is 0. The minimum absolute atomic E-state index is 0.138. The van der Waals surface area contributed by atoms with Gasteiger partial charge in [-0.1, -0.05) is 6.07 Å². The van der Waals surface area contributed by atoms with Crippen molar-refractivity contribution in [2.45, 2.75) is 31.5 Å². The van der Waals surface area contributed by atoms with Gasteiger partial charge in [0.25, 0.3) is 0 Å². The standard InChI is InChI=1S/C12H14BrFO2/c13-10-6-8(3-4-11(10)14)12(15)7-9-2-1-5-16-9/h3-4,6,9,12,15H,1-2,5,7H2.